The van der Waals surface area contributed by atoms with Crippen LogP contribution in [0.4, 0.5) is 11.4 Å². The number of carbonyl (C=O) groups is 1. The van der Waals surface area contributed by atoms with Gasteiger partial charge in [-0.3, -0.25) is 4.79 Å². The fraction of sp³-hybridized carbons (Fsp3) is 0.381. The molecule has 4 nitrogen and oxygen atoms in total. The highest BCUT2D eigenvalue weighted by atomic mass is 16.5. The van der Waals surface area contributed by atoms with Gasteiger partial charge in [-0.1, -0.05) is 32.0 Å². The molecule has 2 aromatic carbocycles. The minimum absolute atomic E-state index is 0.0361. The van der Waals surface area contributed by atoms with E-state index in [1.165, 1.54) is 11.1 Å². The van der Waals surface area contributed by atoms with Crippen LogP contribution in [0, 0.1) is 0 Å². The smallest absolute Gasteiger partial charge is 0.226 e. The lowest BCUT2D eigenvalue weighted by Crippen LogP contribution is -2.18. The van der Waals surface area contributed by atoms with Crippen molar-refractivity contribution < 1.29 is 9.53 Å². The summed E-state index contributed by atoms with van der Waals surface area (Å²) in [5, 5.41) is 6.37. The van der Waals surface area contributed by atoms with Gasteiger partial charge in [-0.25, -0.2) is 0 Å². The summed E-state index contributed by atoms with van der Waals surface area (Å²) < 4.78 is 5.42. The maximum Gasteiger partial charge on any atom is 0.226 e. The number of hydrogen-bond acceptors (Lipinski definition) is 3. The minimum atomic E-state index is 0.0361. The van der Waals surface area contributed by atoms with Gasteiger partial charge in [0, 0.05) is 24.3 Å². The van der Waals surface area contributed by atoms with Crippen LogP contribution in [0.1, 0.15) is 38.3 Å². The van der Waals surface area contributed by atoms with Crippen LogP contribution in [0.25, 0.3) is 0 Å². The molecule has 0 aromatic heterocycles. The number of nitrogens with one attached hydrogen (secondary N) is 2. The summed E-state index contributed by atoms with van der Waals surface area (Å²) in [7, 11) is 0. The molecule has 0 aliphatic heterocycles. The van der Waals surface area contributed by atoms with Gasteiger partial charge in [0.25, 0.3) is 0 Å². The molecule has 0 saturated heterocycles. The first kappa shape index (κ1) is 18.8. The molecule has 1 amide bonds. The highest BCUT2D eigenvalue weighted by Gasteiger charge is 2.09. The standard InChI is InChI=1S/C21H28N2O2/c1-4-16-8-7-9-17(5-2)21(16)23-20(24)14-15-22-18-10-12-19(13-11-18)25-6-3/h7-13,22H,4-6,14-15H2,1-3H3,(H,23,24). The summed E-state index contributed by atoms with van der Waals surface area (Å²) in [5.74, 6) is 0.892. The highest BCUT2D eigenvalue weighted by molar-refractivity contribution is 5.92. The Hall–Kier alpha value is -2.49. The Morgan fingerprint density at radius 3 is 2.16 bits per heavy atom. The van der Waals surface area contributed by atoms with E-state index in [-0.39, 0.29) is 5.91 Å². The number of anilines is 2. The second-order valence-corrected chi connectivity index (χ2v) is 5.84. The van der Waals surface area contributed by atoms with Crippen LogP contribution in [-0.4, -0.2) is 19.1 Å². The van der Waals surface area contributed by atoms with Crippen molar-refractivity contribution in [2.24, 2.45) is 0 Å². The van der Waals surface area contributed by atoms with Crippen LogP contribution in [0.5, 0.6) is 5.75 Å². The van der Waals surface area contributed by atoms with Gasteiger partial charge >= 0.3 is 0 Å². The molecule has 0 bridgehead atoms. The second kappa shape index (κ2) is 9.72. The third-order valence-corrected chi connectivity index (χ3v) is 4.11. The van der Waals surface area contributed by atoms with Crippen molar-refractivity contribution >= 4 is 17.3 Å². The molecule has 0 aliphatic rings. The van der Waals surface area contributed by atoms with E-state index < -0.39 is 0 Å². The molecule has 0 atom stereocenters. The quantitative estimate of drug-likeness (QED) is 0.698. The SMILES string of the molecule is CCOc1ccc(NCCC(=O)Nc2c(CC)cccc2CC)cc1. The molecular formula is C21H28N2O2. The van der Waals surface area contributed by atoms with Crippen LogP contribution in [-0.2, 0) is 17.6 Å². The first-order valence-corrected chi connectivity index (χ1v) is 9.05. The topological polar surface area (TPSA) is 50.4 Å². The van der Waals surface area contributed by atoms with Crippen molar-refractivity contribution in [3.63, 3.8) is 0 Å². The van der Waals surface area contributed by atoms with Gasteiger partial charge < -0.3 is 15.4 Å². The number of ether oxygens (including phenoxy) is 1. The number of hydrogen-bond donors (Lipinski definition) is 2. The summed E-state index contributed by atoms with van der Waals surface area (Å²) in [6.07, 6.45) is 2.25. The van der Waals surface area contributed by atoms with Crippen LogP contribution >= 0.6 is 0 Å². The number of para-hydroxylation sites is 1. The van der Waals surface area contributed by atoms with Gasteiger partial charge in [-0.2, -0.15) is 0 Å². The average molecular weight is 340 g/mol. The van der Waals surface area contributed by atoms with E-state index in [4.69, 9.17) is 4.74 Å². The largest absolute Gasteiger partial charge is 0.494 e. The minimum Gasteiger partial charge on any atom is -0.494 e. The third-order valence-electron chi connectivity index (χ3n) is 4.11. The lowest BCUT2D eigenvalue weighted by Gasteiger charge is -2.14. The molecule has 4 heteroatoms. The predicted molar refractivity (Wildman–Crippen MR) is 105 cm³/mol. The number of benzene rings is 2. The van der Waals surface area contributed by atoms with Crippen molar-refractivity contribution in [1.29, 1.82) is 0 Å². The van der Waals surface area contributed by atoms with Gasteiger partial charge in [0.1, 0.15) is 5.75 Å². The first-order valence-electron chi connectivity index (χ1n) is 9.05. The van der Waals surface area contributed by atoms with Crippen molar-refractivity contribution in [1.82, 2.24) is 0 Å². The van der Waals surface area contributed by atoms with Crippen LogP contribution in [0.2, 0.25) is 0 Å². The zero-order valence-electron chi connectivity index (χ0n) is 15.4. The molecule has 0 spiro atoms. The average Bonchev–Trinajstić information content (AvgIpc) is 2.63. The number of aryl methyl sites for hydroxylation is 2. The van der Waals surface area contributed by atoms with Gasteiger partial charge in [0.2, 0.25) is 5.91 Å². The van der Waals surface area contributed by atoms with E-state index in [0.717, 1.165) is 30.0 Å². The zero-order chi connectivity index (χ0) is 18.1. The van der Waals surface area contributed by atoms with Crippen molar-refractivity contribution in [3.8, 4) is 5.75 Å². The summed E-state index contributed by atoms with van der Waals surface area (Å²) in [5.41, 5.74) is 4.34. The second-order valence-electron chi connectivity index (χ2n) is 5.84. The molecule has 2 rings (SSSR count). The van der Waals surface area contributed by atoms with Crippen LogP contribution in [0.15, 0.2) is 42.5 Å². The Kier molecular flexibility index (Phi) is 7.33. The monoisotopic (exact) mass is 340 g/mol. The fourth-order valence-corrected chi connectivity index (χ4v) is 2.76. The molecule has 0 aliphatic carbocycles. The molecule has 134 valence electrons. The molecular weight excluding hydrogens is 312 g/mol. The van der Waals surface area contributed by atoms with Gasteiger partial charge in [0.15, 0.2) is 0 Å². The van der Waals surface area contributed by atoms with Crippen LogP contribution < -0.4 is 15.4 Å². The van der Waals surface area contributed by atoms with E-state index in [1.807, 2.05) is 31.2 Å². The first-order chi connectivity index (χ1) is 12.2. The molecule has 0 unspecified atom stereocenters. The zero-order valence-corrected chi connectivity index (χ0v) is 15.4. The maximum absolute atomic E-state index is 12.3. The van der Waals surface area contributed by atoms with Crippen molar-refractivity contribution in [2.45, 2.75) is 40.0 Å². The normalized spacial score (nSPS) is 10.4. The predicted octanol–water partition coefficient (Wildman–Crippen LogP) is 4.65. The van der Waals surface area contributed by atoms with E-state index in [0.29, 0.717) is 19.6 Å². The summed E-state index contributed by atoms with van der Waals surface area (Å²) >= 11 is 0. The molecule has 2 aromatic rings. The Bertz CT molecular complexity index is 659. The lowest BCUT2D eigenvalue weighted by molar-refractivity contribution is -0.115. The van der Waals surface area contributed by atoms with Gasteiger partial charge in [-0.15, -0.1) is 0 Å². The summed E-state index contributed by atoms with van der Waals surface area (Å²) in [4.78, 5) is 12.3. The highest BCUT2D eigenvalue weighted by Crippen LogP contribution is 2.22. The molecule has 0 radical (unpaired) electrons. The molecule has 0 saturated carbocycles. The Morgan fingerprint density at radius 1 is 0.960 bits per heavy atom. The number of rotatable bonds is 9. The van der Waals surface area contributed by atoms with Crippen molar-refractivity contribution in [2.75, 3.05) is 23.8 Å². The van der Waals surface area contributed by atoms with E-state index in [9.17, 15) is 4.79 Å². The third kappa shape index (κ3) is 5.52. The van der Waals surface area contributed by atoms with E-state index >= 15 is 0 Å². The fourth-order valence-electron chi connectivity index (χ4n) is 2.76. The molecule has 25 heavy (non-hydrogen) atoms. The Morgan fingerprint density at radius 2 is 1.60 bits per heavy atom. The molecule has 0 fully saturated rings. The van der Waals surface area contributed by atoms with E-state index in [1.54, 1.807) is 0 Å². The number of carbonyl (C=O) groups excluding carboxylic acids is 1. The maximum atomic E-state index is 12.3. The Labute approximate surface area is 150 Å². The summed E-state index contributed by atoms with van der Waals surface area (Å²) in [6, 6.07) is 14.0. The van der Waals surface area contributed by atoms with Gasteiger partial charge in [0.05, 0.1) is 6.61 Å². The van der Waals surface area contributed by atoms with Crippen LogP contribution in [0.3, 0.4) is 0 Å². The Balaban J connectivity index is 1.87. The number of amides is 1. The molecule has 2 N–H and O–H groups in total. The van der Waals surface area contributed by atoms with E-state index in [2.05, 4.69) is 42.7 Å². The van der Waals surface area contributed by atoms with Crippen molar-refractivity contribution in [3.05, 3.63) is 53.6 Å². The summed E-state index contributed by atoms with van der Waals surface area (Å²) in [6.45, 7) is 7.43. The van der Waals surface area contributed by atoms with Gasteiger partial charge in [-0.05, 0) is 55.2 Å². The lowest BCUT2D eigenvalue weighted by atomic mass is 10.0. The molecule has 0 heterocycles.